The topological polar surface area (TPSA) is 82.7 Å². The number of hydrogen-bond acceptors (Lipinski definition) is 4. The van der Waals surface area contributed by atoms with Crippen molar-refractivity contribution in [3.8, 4) is 0 Å². The van der Waals surface area contributed by atoms with Crippen molar-refractivity contribution in [3.05, 3.63) is 23.7 Å². The number of rotatable bonds is 5. The van der Waals surface area contributed by atoms with Gasteiger partial charge in [-0.1, -0.05) is 0 Å². The molecule has 0 unspecified atom stereocenters. The van der Waals surface area contributed by atoms with Gasteiger partial charge in [-0.2, -0.15) is 0 Å². The van der Waals surface area contributed by atoms with Crippen molar-refractivity contribution in [1.82, 2.24) is 5.32 Å². The predicted molar refractivity (Wildman–Crippen MR) is 56.1 cm³/mol. The molecular weight excluding hydrogens is 210 g/mol. The normalized spacial score (nSPS) is 24.1. The Morgan fingerprint density at radius 1 is 1.56 bits per heavy atom. The Hall–Kier alpha value is -1.33. The molecule has 1 heterocycles. The molecule has 5 heteroatoms. The Balaban J connectivity index is 1.76. The molecule has 1 aromatic rings. The molecule has 2 rings (SSSR count). The van der Waals surface area contributed by atoms with E-state index in [1.54, 1.807) is 0 Å². The average molecular weight is 225 g/mol. The second-order valence-electron chi connectivity index (χ2n) is 4.18. The zero-order valence-electron chi connectivity index (χ0n) is 8.85. The van der Waals surface area contributed by atoms with Crippen LogP contribution in [-0.2, 0) is 6.54 Å². The summed E-state index contributed by atoms with van der Waals surface area (Å²) < 4.78 is 5.09. The first-order chi connectivity index (χ1) is 7.66. The van der Waals surface area contributed by atoms with Crippen molar-refractivity contribution in [2.45, 2.75) is 25.5 Å². The van der Waals surface area contributed by atoms with Crippen molar-refractivity contribution in [2.24, 2.45) is 5.92 Å². The Morgan fingerprint density at radius 2 is 2.31 bits per heavy atom. The second kappa shape index (κ2) is 4.67. The molecule has 1 aliphatic carbocycles. The number of hydrogen-bond donors (Lipinski definition) is 3. The summed E-state index contributed by atoms with van der Waals surface area (Å²) in [5.74, 6) is -0.0183. The Kier molecular flexibility index (Phi) is 3.26. The molecule has 0 saturated heterocycles. The van der Waals surface area contributed by atoms with Crippen molar-refractivity contribution < 1.29 is 19.4 Å². The van der Waals surface area contributed by atoms with Crippen LogP contribution < -0.4 is 5.32 Å². The van der Waals surface area contributed by atoms with Crippen LogP contribution in [0.3, 0.4) is 0 Å². The van der Waals surface area contributed by atoms with Gasteiger partial charge in [0.05, 0.1) is 18.9 Å². The summed E-state index contributed by atoms with van der Waals surface area (Å²) in [6.07, 6.45) is 2.89. The summed E-state index contributed by atoms with van der Waals surface area (Å²) >= 11 is 0. The number of nitrogens with one attached hydrogen (secondary N) is 1. The lowest BCUT2D eigenvalue weighted by atomic mass is 9.82. The van der Waals surface area contributed by atoms with E-state index in [2.05, 4.69) is 5.32 Å². The number of carboxylic acid groups (broad SMARTS) is 1. The minimum atomic E-state index is -0.968. The van der Waals surface area contributed by atoms with Crippen molar-refractivity contribution in [2.75, 3.05) is 6.54 Å². The first kappa shape index (κ1) is 11.2. The monoisotopic (exact) mass is 225 g/mol. The summed E-state index contributed by atoms with van der Waals surface area (Å²) in [5, 5.41) is 21.1. The fourth-order valence-electron chi connectivity index (χ4n) is 1.93. The molecule has 0 atom stereocenters. The highest BCUT2D eigenvalue weighted by molar-refractivity contribution is 5.88. The molecule has 1 aliphatic rings. The summed E-state index contributed by atoms with van der Waals surface area (Å²) in [6, 6.07) is 1.45. The minimum Gasteiger partial charge on any atom is -0.478 e. The smallest absolute Gasteiger partial charge is 0.339 e. The van der Waals surface area contributed by atoms with Gasteiger partial charge in [0.2, 0.25) is 0 Å². The molecule has 3 N–H and O–H groups in total. The van der Waals surface area contributed by atoms with E-state index in [0.717, 1.165) is 19.4 Å². The van der Waals surface area contributed by atoms with Gasteiger partial charge in [-0.3, -0.25) is 0 Å². The van der Waals surface area contributed by atoms with Gasteiger partial charge < -0.3 is 19.9 Å². The number of aromatic carboxylic acids is 1. The summed E-state index contributed by atoms with van der Waals surface area (Å²) in [5.41, 5.74) is 0.209. The highest BCUT2D eigenvalue weighted by Gasteiger charge is 2.26. The van der Waals surface area contributed by atoms with E-state index in [-0.39, 0.29) is 11.7 Å². The van der Waals surface area contributed by atoms with Crippen LogP contribution in [0.2, 0.25) is 0 Å². The third kappa shape index (κ3) is 2.43. The highest BCUT2D eigenvalue weighted by atomic mass is 16.4. The van der Waals surface area contributed by atoms with E-state index in [4.69, 9.17) is 14.6 Å². The summed E-state index contributed by atoms with van der Waals surface area (Å²) in [7, 11) is 0. The molecule has 0 bridgehead atoms. The second-order valence-corrected chi connectivity index (χ2v) is 4.18. The minimum absolute atomic E-state index is 0.148. The number of carbonyl (C=O) groups is 1. The Bertz CT molecular complexity index is 368. The van der Waals surface area contributed by atoms with Crippen LogP contribution in [0.4, 0.5) is 0 Å². The first-order valence-corrected chi connectivity index (χ1v) is 5.35. The zero-order chi connectivity index (χ0) is 11.5. The van der Waals surface area contributed by atoms with E-state index in [1.165, 1.54) is 12.3 Å². The lowest BCUT2D eigenvalue weighted by molar-refractivity contribution is 0.0428. The molecule has 0 aromatic carbocycles. The molecule has 0 spiro atoms. The van der Waals surface area contributed by atoms with Crippen LogP contribution in [0.25, 0.3) is 0 Å². The van der Waals surface area contributed by atoms with Gasteiger partial charge in [0.25, 0.3) is 0 Å². The largest absolute Gasteiger partial charge is 0.478 e. The standard InChI is InChI=1S/C11H15NO4/c13-8-3-7(4-8)5-12-6-10-9(11(14)15)1-2-16-10/h1-2,7-8,12-13H,3-6H2,(H,14,15). The van der Waals surface area contributed by atoms with Gasteiger partial charge in [-0.25, -0.2) is 4.79 Å². The predicted octanol–water partition coefficient (Wildman–Crippen LogP) is 0.838. The van der Waals surface area contributed by atoms with Gasteiger partial charge in [-0.05, 0) is 31.4 Å². The number of aliphatic hydroxyl groups is 1. The molecule has 1 aromatic heterocycles. The molecule has 1 fully saturated rings. The molecule has 0 radical (unpaired) electrons. The molecule has 16 heavy (non-hydrogen) atoms. The molecule has 0 amide bonds. The number of furan rings is 1. The highest BCUT2D eigenvalue weighted by Crippen LogP contribution is 2.26. The third-order valence-electron chi connectivity index (χ3n) is 2.91. The van der Waals surface area contributed by atoms with Crippen molar-refractivity contribution in [3.63, 3.8) is 0 Å². The molecule has 5 nitrogen and oxygen atoms in total. The maximum absolute atomic E-state index is 10.8. The van der Waals surface area contributed by atoms with Crippen LogP contribution in [0.1, 0.15) is 29.0 Å². The molecule has 88 valence electrons. The lowest BCUT2D eigenvalue weighted by Crippen LogP contribution is -2.36. The van der Waals surface area contributed by atoms with Gasteiger partial charge in [0.1, 0.15) is 11.3 Å². The Labute approximate surface area is 93.1 Å². The summed E-state index contributed by atoms with van der Waals surface area (Å²) in [4.78, 5) is 10.8. The molecule has 0 aliphatic heterocycles. The van der Waals surface area contributed by atoms with Crippen LogP contribution in [0, 0.1) is 5.92 Å². The molecule has 1 saturated carbocycles. The fourth-order valence-corrected chi connectivity index (χ4v) is 1.93. The van der Waals surface area contributed by atoms with E-state index in [0.29, 0.717) is 18.2 Å². The summed E-state index contributed by atoms with van der Waals surface area (Å²) in [6.45, 7) is 1.21. The van der Waals surface area contributed by atoms with Crippen LogP contribution in [-0.4, -0.2) is 28.8 Å². The fraction of sp³-hybridized carbons (Fsp3) is 0.545. The van der Waals surface area contributed by atoms with E-state index in [9.17, 15) is 4.79 Å². The van der Waals surface area contributed by atoms with Gasteiger partial charge >= 0.3 is 5.97 Å². The van der Waals surface area contributed by atoms with Gasteiger partial charge in [-0.15, -0.1) is 0 Å². The lowest BCUT2D eigenvalue weighted by Gasteiger charge is -2.31. The van der Waals surface area contributed by atoms with Crippen LogP contribution in [0.15, 0.2) is 16.7 Å². The van der Waals surface area contributed by atoms with Gasteiger partial charge in [0, 0.05) is 0 Å². The van der Waals surface area contributed by atoms with E-state index in [1.807, 2.05) is 0 Å². The van der Waals surface area contributed by atoms with Crippen LogP contribution in [0.5, 0.6) is 0 Å². The Morgan fingerprint density at radius 3 is 2.94 bits per heavy atom. The average Bonchev–Trinajstić information content (AvgIpc) is 2.63. The number of carboxylic acids is 1. The van der Waals surface area contributed by atoms with Gasteiger partial charge in [0.15, 0.2) is 0 Å². The SMILES string of the molecule is O=C(O)c1ccoc1CNCC1CC(O)C1. The van der Waals surface area contributed by atoms with Crippen molar-refractivity contribution in [1.29, 1.82) is 0 Å². The van der Waals surface area contributed by atoms with E-state index < -0.39 is 5.97 Å². The number of aliphatic hydroxyl groups excluding tert-OH is 1. The molecular formula is C11H15NO4. The third-order valence-corrected chi connectivity index (χ3v) is 2.91. The quantitative estimate of drug-likeness (QED) is 0.691. The first-order valence-electron chi connectivity index (χ1n) is 5.35. The maximum Gasteiger partial charge on any atom is 0.339 e. The van der Waals surface area contributed by atoms with Crippen LogP contribution >= 0.6 is 0 Å². The maximum atomic E-state index is 10.8. The zero-order valence-corrected chi connectivity index (χ0v) is 8.85. The van der Waals surface area contributed by atoms with E-state index >= 15 is 0 Å². The van der Waals surface area contributed by atoms with Crippen molar-refractivity contribution >= 4 is 5.97 Å².